The molecule has 0 aromatic carbocycles. The van der Waals surface area contributed by atoms with Crippen LogP contribution in [0.5, 0.6) is 5.88 Å². The molecular formula is C11H16BrNO. The van der Waals surface area contributed by atoms with E-state index < -0.39 is 0 Å². The van der Waals surface area contributed by atoms with Gasteiger partial charge in [0.1, 0.15) is 0 Å². The topological polar surface area (TPSA) is 22.1 Å². The van der Waals surface area contributed by atoms with E-state index in [1.165, 1.54) is 0 Å². The summed E-state index contributed by atoms with van der Waals surface area (Å²) >= 11 is 3.47. The smallest absolute Gasteiger partial charge is 0.228 e. The molecule has 0 saturated heterocycles. The SMILES string of the molecule is Cc1ccnc(OC(C)C(C)C)c1Br. The van der Waals surface area contributed by atoms with Crippen LogP contribution in [0.4, 0.5) is 0 Å². The monoisotopic (exact) mass is 257 g/mol. The third-order valence-corrected chi connectivity index (χ3v) is 3.25. The third kappa shape index (κ3) is 2.71. The number of aryl methyl sites for hydroxylation is 1. The van der Waals surface area contributed by atoms with Crippen molar-refractivity contribution in [3.05, 3.63) is 22.3 Å². The summed E-state index contributed by atoms with van der Waals surface area (Å²) in [6, 6.07) is 1.96. The van der Waals surface area contributed by atoms with Gasteiger partial charge >= 0.3 is 0 Å². The molecule has 0 amide bonds. The number of hydrogen-bond acceptors (Lipinski definition) is 2. The highest BCUT2D eigenvalue weighted by Gasteiger charge is 2.12. The van der Waals surface area contributed by atoms with Crippen LogP contribution >= 0.6 is 15.9 Å². The molecule has 1 unspecified atom stereocenters. The lowest BCUT2D eigenvalue weighted by Gasteiger charge is -2.18. The van der Waals surface area contributed by atoms with Crippen LogP contribution in [0.15, 0.2) is 16.7 Å². The molecule has 14 heavy (non-hydrogen) atoms. The Morgan fingerprint density at radius 3 is 2.57 bits per heavy atom. The van der Waals surface area contributed by atoms with Crippen molar-refractivity contribution in [2.75, 3.05) is 0 Å². The van der Waals surface area contributed by atoms with Crippen LogP contribution < -0.4 is 4.74 Å². The molecule has 0 radical (unpaired) electrons. The van der Waals surface area contributed by atoms with Crippen LogP contribution in [0, 0.1) is 12.8 Å². The lowest BCUT2D eigenvalue weighted by Crippen LogP contribution is -2.19. The fraction of sp³-hybridized carbons (Fsp3) is 0.545. The normalized spacial score (nSPS) is 13.0. The van der Waals surface area contributed by atoms with Crippen molar-refractivity contribution in [2.45, 2.75) is 33.8 Å². The molecule has 1 heterocycles. The van der Waals surface area contributed by atoms with Gasteiger partial charge in [-0.1, -0.05) is 13.8 Å². The molecule has 0 spiro atoms. The summed E-state index contributed by atoms with van der Waals surface area (Å²) in [6.45, 7) is 8.35. The van der Waals surface area contributed by atoms with Crippen LogP contribution in [0.25, 0.3) is 0 Å². The van der Waals surface area contributed by atoms with Crippen LogP contribution in [-0.2, 0) is 0 Å². The average molecular weight is 258 g/mol. The Bertz CT molecular complexity index is 312. The molecule has 1 atom stereocenters. The Balaban J connectivity index is 2.82. The van der Waals surface area contributed by atoms with Crippen molar-refractivity contribution < 1.29 is 4.74 Å². The zero-order chi connectivity index (χ0) is 10.7. The Labute approximate surface area is 93.8 Å². The number of aromatic nitrogens is 1. The third-order valence-electron chi connectivity index (χ3n) is 2.29. The Kier molecular flexibility index (Phi) is 3.93. The summed E-state index contributed by atoms with van der Waals surface area (Å²) in [4.78, 5) is 4.19. The highest BCUT2D eigenvalue weighted by atomic mass is 79.9. The number of halogens is 1. The minimum absolute atomic E-state index is 0.181. The second-order valence-electron chi connectivity index (χ2n) is 3.81. The zero-order valence-corrected chi connectivity index (χ0v) is 10.6. The predicted octanol–water partition coefficient (Wildman–Crippen LogP) is 3.58. The first kappa shape index (κ1) is 11.5. The second kappa shape index (κ2) is 4.78. The molecule has 0 aliphatic heterocycles. The van der Waals surface area contributed by atoms with E-state index in [1.807, 2.05) is 13.0 Å². The number of ether oxygens (including phenoxy) is 1. The Hall–Kier alpha value is -0.570. The van der Waals surface area contributed by atoms with Gasteiger partial charge in [-0.05, 0) is 47.3 Å². The van der Waals surface area contributed by atoms with Gasteiger partial charge in [-0.15, -0.1) is 0 Å². The molecule has 0 bridgehead atoms. The number of hydrogen-bond donors (Lipinski definition) is 0. The van der Waals surface area contributed by atoms with Gasteiger partial charge in [0.15, 0.2) is 0 Å². The number of rotatable bonds is 3. The quantitative estimate of drug-likeness (QED) is 0.826. The van der Waals surface area contributed by atoms with Gasteiger partial charge in [0.2, 0.25) is 5.88 Å². The molecule has 78 valence electrons. The first-order chi connectivity index (χ1) is 6.52. The Morgan fingerprint density at radius 1 is 1.36 bits per heavy atom. The van der Waals surface area contributed by atoms with Crippen LogP contribution in [-0.4, -0.2) is 11.1 Å². The van der Waals surface area contributed by atoms with E-state index in [1.54, 1.807) is 6.20 Å². The highest BCUT2D eigenvalue weighted by molar-refractivity contribution is 9.10. The molecule has 0 aliphatic carbocycles. The number of pyridine rings is 1. The molecule has 1 rings (SSSR count). The zero-order valence-electron chi connectivity index (χ0n) is 9.04. The molecule has 0 aliphatic rings. The van der Waals surface area contributed by atoms with E-state index in [4.69, 9.17) is 4.74 Å². The lowest BCUT2D eigenvalue weighted by molar-refractivity contribution is 0.162. The Morgan fingerprint density at radius 2 is 2.00 bits per heavy atom. The minimum Gasteiger partial charge on any atom is -0.474 e. The summed E-state index contributed by atoms with van der Waals surface area (Å²) < 4.78 is 6.68. The van der Waals surface area contributed by atoms with E-state index in [0.29, 0.717) is 11.8 Å². The minimum atomic E-state index is 0.181. The first-order valence-electron chi connectivity index (χ1n) is 4.80. The van der Waals surface area contributed by atoms with Gasteiger partial charge in [0, 0.05) is 6.20 Å². The van der Waals surface area contributed by atoms with Crippen LogP contribution in [0.3, 0.4) is 0 Å². The maximum absolute atomic E-state index is 5.73. The second-order valence-corrected chi connectivity index (χ2v) is 4.61. The van der Waals surface area contributed by atoms with Crippen molar-refractivity contribution in [1.82, 2.24) is 4.98 Å². The van der Waals surface area contributed by atoms with E-state index in [0.717, 1.165) is 10.0 Å². The first-order valence-corrected chi connectivity index (χ1v) is 5.59. The molecule has 1 aromatic rings. The molecule has 3 heteroatoms. The summed E-state index contributed by atoms with van der Waals surface area (Å²) in [5, 5.41) is 0. The highest BCUT2D eigenvalue weighted by Crippen LogP contribution is 2.27. The van der Waals surface area contributed by atoms with E-state index in [9.17, 15) is 0 Å². The number of nitrogens with zero attached hydrogens (tertiary/aromatic N) is 1. The van der Waals surface area contributed by atoms with Crippen molar-refractivity contribution in [2.24, 2.45) is 5.92 Å². The summed E-state index contributed by atoms with van der Waals surface area (Å²) in [5.74, 6) is 1.18. The molecule has 1 aromatic heterocycles. The molecule has 0 N–H and O–H groups in total. The van der Waals surface area contributed by atoms with Crippen molar-refractivity contribution >= 4 is 15.9 Å². The van der Waals surface area contributed by atoms with Gasteiger partial charge in [-0.2, -0.15) is 0 Å². The van der Waals surface area contributed by atoms with E-state index >= 15 is 0 Å². The summed E-state index contributed by atoms with van der Waals surface area (Å²) in [5.41, 5.74) is 1.14. The van der Waals surface area contributed by atoms with Crippen LogP contribution in [0.2, 0.25) is 0 Å². The fourth-order valence-electron chi connectivity index (χ4n) is 0.910. The summed E-state index contributed by atoms with van der Waals surface area (Å²) in [7, 11) is 0. The molecule has 0 fully saturated rings. The lowest BCUT2D eigenvalue weighted by atomic mass is 10.1. The van der Waals surface area contributed by atoms with Crippen molar-refractivity contribution in [1.29, 1.82) is 0 Å². The summed E-state index contributed by atoms with van der Waals surface area (Å²) in [6.07, 6.45) is 1.95. The van der Waals surface area contributed by atoms with Gasteiger partial charge < -0.3 is 4.74 Å². The predicted molar refractivity (Wildman–Crippen MR) is 61.6 cm³/mol. The average Bonchev–Trinajstić information content (AvgIpc) is 2.12. The molecule has 2 nitrogen and oxygen atoms in total. The standard InChI is InChI=1S/C11H16BrNO/c1-7(2)9(4)14-11-10(12)8(3)5-6-13-11/h5-7,9H,1-4H3. The fourth-order valence-corrected chi connectivity index (χ4v) is 1.24. The van der Waals surface area contributed by atoms with Gasteiger partial charge in [-0.25, -0.2) is 4.98 Å². The van der Waals surface area contributed by atoms with E-state index in [-0.39, 0.29) is 6.10 Å². The van der Waals surface area contributed by atoms with Crippen molar-refractivity contribution in [3.8, 4) is 5.88 Å². The van der Waals surface area contributed by atoms with Crippen LogP contribution in [0.1, 0.15) is 26.3 Å². The van der Waals surface area contributed by atoms with Gasteiger partial charge in [0.05, 0.1) is 10.6 Å². The largest absolute Gasteiger partial charge is 0.474 e. The molecule has 0 saturated carbocycles. The molecular weight excluding hydrogens is 242 g/mol. The maximum Gasteiger partial charge on any atom is 0.228 e. The van der Waals surface area contributed by atoms with E-state index in [2.05, 4.69) is 41.7 Å². The van der Waals surface area contributed by atoms with Gasteiger partial charge in [0.25, 0.3) is 0 Å². The van der Waals surface area contributed by atoms with Gasteiger partial charge in [-0.3, -0.25) is 0 Å². The maximum atomic E-state index is 5.73. The van der Waals surface area contributed by atoms with Crippen molar-refractivity contribution in [3.63, 3.8) is 0 Å².